The van der Waals surface area contributed by atoms with E-state index in [0.717, 1.165) is 22.4 Å². The first-order valence-corrected chi connectivity index (χ1v) is 9.67. The number of alkyl halides is 3. The largest absolute Gasteiger partial charge is 0.416 e. The van der Waals surface area contributed by atoms with Gasteiger partial charge in [-0.2, -0.15) is 13.2 Å². The van der Waals surface area contributed by atoms with Crippen LogP contribution in [0.5, 0.6) is 0 Å². The van der Waals surface area contributed by atoms with Gasteiger partial charge in [0, 0.05) is 42.4 Å². The van der Waals surface area contributed by atoms with Crippen molar-refractivity contribution in [3.05, 3.63) is 58.2 Å². The zero-order valence-electron chi connectivity index (χ0n) is 15.3. The number of piperazine rings is 1. The number of carbonyl (C=O) groups excluding carboxylic acids is 1. The van der Waals surface area contributed by atoms with Crippen LogP contribution in [0.2, 0.25) is 0 Å². The van der Waals surface area contributed by atoms with E-state index in [1.165, 1.54) is 12.1 Å². The first-order chi connectivity index (χ1) is 13.8. The van der Waals surface area contributed by atoms with Crippen LogP contribution in [-0.4, -0.2) is 48.6 Å². The topological polar surface area (TPSA) is 48.5 Å². The highest BCUT2D eigenvalue weighted by Crippen LogP contribution is 2.29. The summed E-state index contributed by atoms with van der Waals surface area (Å²) in [5.41, 5.74) is -0.490. The lowest BCUT2D eigenvalue weighted by Crippen LogP contribution is -2.52. The third-order valence-electron chi connectivity index (χ3n) is 4.35. The Labute approximate surface area is 175 Å². The minimum absolute atomic E-state index is 0.0591. The van der Waals surface area contributed by atoms with Gasteiger partial charge in [-0.3, -0.25) is 0 Å². The van der Waals surface area contributed by atoms with Crippen LogP contribution in [0.4, 0.5) is 23.8 Å². The van der Waals surface area contributed by atoms with E-state index in [2.05, 4.69) is 43.0 Å². The van der Waals surface area contributed by atoms with Crippen LogP contribution >= 0.6 is 15.9 Å². The molecule has 1 aliphatic rings. The number of pyridine rings is 1. The normalized spacial score (nSPS) is 14.2. The van der Waals surface area contributed by atoms with Crippen molar-refractivity contribution in [2.45, 2.75) is 6.18 Å². The Morgan fingerprint density at radius 3 is 2.59 bits per heavy atom. The number of aromatic nitrogens is 1. The number of nitrogens with zero attached hydrogens (tertiary/aromatic N) is 3. The van der Waals surface area contributed by atoms with Gasteiger partial charge < -0.3 is 15.1 Å². The Morgan fingerprint density at radius 1 is 1.17 bits per heavy atom. The van der Waals surface area contributed by atoms with Crippen LogP contribution < -0.4 is 10.2 Å². The maximum atomic E-state index is 12.7. The van der Waals surface area contributed by atoms with E-state index in [0.29, 0.717) is 26.2 Å². The number of nitrogens with one attached hydrogen (secondary N) is 1. The molecular formula is C20H18BrF3N4O. The fourth-order valence-electron chi connectivity index (χ4n) is 2.84. The van der Waals surface area contributed by atoms with Crippen molar-refractivity contribution in [3.8, 4) is 11.8 Å². The van der Waals surface area contributed by atoms with E-state index in [-0.39, 0.29) is 18.1 Å². The number of hydrogen-bond acceptors (Lipinski definition) is 3. The number of carbonyl (C=O) groups is 1. The van der Waals surface area contributed by atoms with Crippen molar-refractivity contribution in [1.82, 2.24) is 15.2 Å². The van der Waals surface area contributed by atoms with Gasteiger partial charge in [-0.1, -0.05) is 17.9 Å². The highest BCUT2D eigenvalue weighted by Gasteiger charge is 2.30. The third kappa shape index (κ3) is 5.87. The van der Waals surface area contributed by atoms with Gasteiger partial charge >= 0.3 is 12.2 Å². The van der Waals surface area contributed by atoms with Gasteiger partial charge in [0.2, 0.25) is 0 Å². The van der Waals surface area contributed by atoms with E-state index in [4.69, 9.17) is 0 Å². The molecule has 1 N–H and O–H groups in total. The molecule has 0 bridgehead atoms. The van der Waals surface area contributed by atoms with Gasteiger partial charge in [0.25, 0.3) is 0 Å². The zero-order chi connectivity index (χ0) is 20.9. The Hall–Kier alpha value is -2.73. The molecule has 1 fully saturated rings. The lowest BCUT2D eigenvalue weighted by molar-refractivity contribution is -0.137. The standard InChI is InChI=1S/C20H18BrF3N4O/c21-17-6-7-18(26-14-17)27-9-11-28(12-10-27)19(29)25-8-2-4-15-3-1-5-16(13-15)20(22,23)24/h1,3,5-7,13-14H,8-12H2,(H,25,29). The minimum Gasteiger partial charge on any atom is -0.353 e. The second-order valence-electron chi connectivity index (χ2n) is 6.35. The molecule has 0 saturated carbocycles. The van der Waals surface area contributed by atoms with Crippen LogP contribution in [0.25, 0.3) is 0 Å². The SMILES string of the molecule is O=C(NCC#Cc1cccc(C(F)(F)F)c1)N1CCN(c2ccc(Br)cn2)CC1. The molecule has 1 aliphatic heterocycles. The van der Waals surface area contributed by atoms with Crippen molar-refractivity contribution in [1.29, 1.82) is 0 Å². The number of urea groups is 1. The summed E-state index contributed by atoms with van der Waals surface area (Å²) < 4.78 is 39.0. The van der Waals surface area contributed by atoms with Crippen LogP contribution in [0.3, 0.4) is 0 Å². The van der Waals surface area contributed by atoms with E-state index in [1.54, 1.807) is 11.1 Å². The maximum absolute atomic E-state index is 12.7. The van der Waals surface area contributed by atoms with Gasteiger partial charge in [0.1, 0.15) is 5.82 Å². The zero-order valence-corrected chi connectivity index (χ0v) is 16.9. The number of benzene rings is 1. The van der Waals surface area contributed by atoms with Gasteiger partial charge in [-0.15, -0.1) is 0 Å². The highest BCUT2D eigenvalue weighted by molar-refractivity contribution is 9.10. The molecule has 9 heteroatoms. The number of hydrogen-bond donors (Lipinski definition) is 1. The molecule has 1 saturated heterocycles. The summed E-state index contributed by atoms with van der Waals surface area (Å²) in [6.45, 7) is 2.48. The van der Waals surface area contributed by atoms with Gasteiger partial charge in [-0.05, 0) is 46.3 Å². The van der Waals surface area contributed by atoms with Crippen molar-refractivity contribution in [3.63, 3.8) is 0 Å². The van der Waals surface area contributed by atoms with E-state index in [9.17, 15) is 18.0 Å². The fraction of sp³-hybridized carbons (Fsp3) is 0.300. The van der Waals surface area contributed by atoms with Crippen molar-refractivity contribution in [2.24, 2.45) is 0 Å². The first kappa shape index (κ1) is 21.0. The van der Waals surface area contributed by atoms with Crippen LogP contribution in [0.15, 0.2) is 47.1 Å². The number of rotatable bonds is 2. The lowest BCUT2D eigenvalue weighted by Gasteiger charge is -2.35. The molecule has 0 atom stereocenters. The molecule has 5 nitrogen and oxygen atoms in total. The molecule has 152 valence electrons. The summed E-state index contributed by atoms with van der Waals surface area (Å²) in [5.74, 6) is 6.20. The fourth-order valence-corrected chi connectivity index (χ4v) is 3.08. The molecule has 3 rings (SSSR count). The lowest BCUT2D eigenvalue weighted by atomic mass is 10.1. The Kier molecular flexibility index (Phi) is 6.64. The Bertz CT molecular complexity index is 914. The predicted octanol–water partition coefficient (Wildman–Crippen LogP) is 3.75. The summed E-state index contributed by atoms with van der Waals surface area (Å²) in [7, 11) is 0. The number of anilines is 1. The molecule has 2 aromatic rings. The molecule has 2 heterocycles. The van der Waals surface area contributed by atoms with E-state index in [1.807, 2.05) is 12.1 Å². The Balaban J connectivity index is 1.47. The number of amides is 2. The van der Waals surface area contributed by atoms with Gasteiger partial charge in [0.05, 0.1) is 12.1 Å². The summed E-state index contributed by atoms with van der Waals surface area (Å²) in [6.07, 6.45) is -2.67. The molecule has 1 aromatic carbocycles. The molecule has 2 amide bonds. The molecule has 29 heavy (non-hydrogen) atoms. The molecule has 0 aliphatic carbocycles. The van der Waals surface area contributed by atoms with Crippen molar-refractivity contribution in [2.75, 3.05) is 37.6 Å². The summed E-state index contributed by atoms with van der Waals surface area (Å²) >= 11 is 3.35. The predicted molar refractivity (Wildman–Crippen MR) is 107 cm³/mol. The van der Waals surface area contributed by atoms with Crippen LogP contribution in [0, 0.1) is 11.8 Å². The second kappa shape index (κ2) is 9.18. The quantitative estimate of drug-likeness (QED) is 0.685. The second-order valence-corrected chi connectivity index (χ2v) is 7.26. The van der Waals surface area contributed by atoms with E-state index >= 15 is 0 Å². The summed E-state index contributed by atoms with van der Waals surface area (Å²) in [5, 5.41) is 2.68. The molecule has 0 radical (unpaired) electrons. The summed E-state index contributed by atoms with van der Waals surface area (Å²) in [4.78, 5) is 20.4. The maximum Gasteiger partial charge on any atom is 0.416 e. The van der Waals surface area contributed by atoms with Gasteiger partial charge in [-0.25, -0.2) is 9.78 Å². The van der Waals surface area contributed by atoms with Crippen LogP contribution in [0.1, 0.15) is 11.1 Å². The average Bonchev–Trinajstić information content (AvgIpc) is 2.71. The molecule has 0 spiro atoms. The average molecular weight is 467 g/mol. The third-order valence-corrected chi connectivity index (χ3v) is 4.82. The smallest absolute Gasteiger partial charge is 0.353 e. The summed E-state index contributed by atoms with van der Waals surface area (Å²) in [6, 6.07) is 8.39. The monoisotopic (exact) mass is 466 g/mol. The van der Waals surface area contributed by atoms with Crippen molar-refractivity contribution >= 4 is 27.8 Å². The number of halogens is 4. The molecule has 0 unspecified atom stereocenters. The van der Waals surface area contributed by atoms with Crippen molar-refractivity contribution < 1.29 is 18.0 Å². The molecular weight excluding hydrogens is 449 g/mol. The first-order valence-electron chi connectivity index (χ1n) is 8.88. The van der Waals surface area contributed by atoms with Gasteiger partial charge in [0.15, 0.2) is 0 Å². The van der Waals surface area contributed by atoms with Crippen LogP contribution in [-0.2, 0) is 6.18 Å². The minimum atomic E-state index is -4.40. The Morgan fingerprint density at radius 2 is 1.93 bits per heavy atom. The highest BCUT2D eigenvalue weighted by atomic mass is 79.9. The molecule has 1 aromatic heterocycles. The van der Waals surface area contributed by atoms with E-state index < -0.39 is 11.7 Å².